The van der Waals surface area contributed by atoms with Crippen molar-refractivity contribution in [2.75, 3.05) is 6.61 Å². The summed E-state index contributed by atoms with van der Waals surface area (Å²) in [6, 6.07) is 10.0. The van der Waals surface area contributed by atoms with Gasteiger partial charge in [0, 0.05) is 6.42 Å². The Morgan fingerprint density at radius 1 is 0.885 bits per heavy atom. The van der Waals surface area contributed by atoms with Crippen LogP contribution in [0.15, 0.2) is 30.3 Å². The van der Waals surface area contributed by atoms with Crippen molar-refractivity contribution in [2.45, 2.75) is 90.4 Å². The van der Waals surface area contributed by atoms with Gasteiger partial charge in [-0.3, -0.25) is 4.79 Å². The number of carbonyl (C=O) groups is 1. The molecule has 1 rings (SSSR count). The molecule has 26 heavy (non-hydrogen) atoms. The lowest BCUT2D eigenvalue weighted by Gasteiger charge is -2.18. The predicted octanol–water partition coefficient (Wildman–Crippen LogP) is 6.86. The van der Waals surface area contributed by atoms with Gasteiger partial charge in [-0.25, -0.2) is 0 Å². The van der Waals surface area contributed by atoms with Crippen molar-refractivity contribution in [3.8, 4) is 5.75 Å². The van der Waals surface area contributed by atoms with Gasteiger partial charge in [0.05, 0.1) is 6.61 Å². The Balaban J connectivity index is 2.24. The molecule has 1 N–H and O–H groups in total. The maximum Gasteiger partial charge on any atom is 0.303 e. The van der Waals surface area contributed by atoms with Crippen molar-refractivity contribution in [3.05, 3.63) is 30.3 Å². The molecule has 0 aromatic heterocycles. The SMILES string of the molecule is CCCCCCCCCC(CCCCCC(=O)O)COc1ccccc1. The van der Waals surface area contributed by atoms with Gasteiger partial charge in [0.25, 0.3) is 0 Å². The fraction of sp³-hybridized carbons (Fsp3) is 0.696. The van der Waals surface area contributed by atoms with Crippen molar-refractivity contribution in [2.24, 2.45) is 5.92 Å². The van der Waals surface area contributed by atoms with E-state index in [9.17, 15) is 4.79 Å². The molecule has 3 heteroatoms. The molecule has 1 unspecified atom stereocenters. The smallest absolute Gasteiger partial charge is 0.303 e. The topological polar surface area (TPSA) is 46.5 Å². The van der Waals surface area contributed by atoms with Crippen LogP contribution in [0.3, 0.4) is 0 Å². The molecule has 0 aliphatic heterocycles. The number of rotatable bonds is 17. The van der Waals surface area contributed by atoms with Crippen LogP contribution in [0.25, 0.3) is 0 Å². The van der Waals surface area contributed by atoms with E-state index in [0.717, 1.165) is 38.0 Å². The minimum atomic E-state index is -0.683. The number of carboxylic acid groups (broad SMARTS) is 1. The lowest BCUT2D eigenvalue weighted by Crippen LogP contribution is -2.12. The Labute approximate surface area is 160 Å². The highest BCUT2D eigenvalue weighted by Crippen LogP contribution is 2.21. The van der Waals surface area contributed by atoms with Gasteiger partial charge in [-0.2, -0.15) is 0 Å². The van der Waals surface area contributed by atoms with Crippen LogP contribution in [0.5, 0.6) is 5.75 Å². The summed E-state index contributed by atoms with van der Waals surface area (Å²) in [5.41, 5.74) is 0. The summed E-state index contributed by atoms with van der Waals surface area (Å²) in [5.74, 6) is 0.843. The van der Waals surface area contributed by atoms with Crippen LogP contribution in [0.1, 0.15) is 90.4 Å². The van der Waals surface area contributed by atoms with Crippen LogP contribution in [0.2, 0.25) is 0 Å². The van der Waals surface area contributed by atoms with Gasteiger partial charge in [-0.15, -0.1) is 0 Å². The lowest BCUT2D eigenvalue weighted by atomic mass is 9.95. The number of benzene rings is 1. The molecule has 0 fully saturated rings. The van der Waals surface area contributed by atoms with Crippen molar-refractivity contribution in [3.63, 3.8) is 0 Å². The van der Waals surface area contributed by atoms with E-state index in [1.54, 1.807) is 0 Å². The molecule has 0 saturated carbocycles. The van der Waals surface area contributed by atoms with E-state index in [4.69, 9.17) is 9.84 Å². The second kappa shape index (κ2) is 15.7. The zero-order valence-electron chi connectivity index (χ0n) is 16.6. The van der Waals surface area contributed by atoms with Crippen LogP contribution in [0, 0.1) is 5.92 Å². The predicted molar refractivity (Wildman–Crippen MR) is 109 cm³/mol. The van der Waals surface area contributed by atoms with Crippen molar-refractivity contribution < 1.29 is 14.6 Å². The van der Waals surface area contributed by atoms with Gasteiger partial charge in [-0.05, 0) is 37.3 Å². The van der Waals surface area contributed by atoms with Gasteiger partial charge in [0.2, 0.25) is 0 Å². The second-order valence-corrected chi connectivity index (χ2v) is 7.39. The molecule has 148 valence electrons. The highest BCUT2D eigenvalue weighted by Gasteiger charge is 2.10. The summed E-state index contributed by atoms with van der Waals surface area (Å²) in [4.78, 5) is 10.6. The van der Waals surface area contributed by atoms with Gasteiger partial charge >= 0.3 is 5.97 Å². The Bertz CT molecular complexity index is 444. The molecule has 1 aromatic carbocycles. The first-order valence-corrected chi connectivity index (χ1v) is 10.6. The van der Waals surface area contributed by atoms with Crippen LogP contribution in [-0.4, -0.2) is 17.7 Å². The number of para-hydroxylation sites is 1. The number of aliphatic carboxylic acids is 1. The maximum atomic E-state index is 10.6. The summed E-state index contributed by atoms with van der Waals surface area (Å²) < 4.78 is 5.98. The summed E-state index contributed by atoms with van der Waals surface area (Å²) in [6.45, 7) is 3.03. The van der Waals surface area contributed by atoms with E-state index < -0.39 is 5.97 Å². The molecular weight excluding hydrogens is 324 g/mol. The van der Waals surface area contributed by atoms with E-state index in [0.29, 0.717) is 12.3 Å². The molecule has 0 bridgehead atoms. The zero-order valence-corrected chi connectivity index (χ0v) is 16.6. The summed E-state index contributed by atoms with van der Waals surface area (Å²) in [7, 11) is 0. The first kappa shape index (κ1) is 22.5. The maximum absolute atomic E-state index is 10.6. The van der Waals surface area contributed by atoms with Crippen LogP contribution in [-0.2, 0) is 4.79 Å². The second-order valence-electron chi connectivity index (χ2n) is 7.39. The summed E-state index contributed by atoms with van der Waals surface area (Å²) >= 11 is 0. The monoisotopic (exact) mass is 362 g/mol. The Morgan fingerprint density at radius 2 is 1.46 bits per heavy atom. The molecule has 0 aliphatic rings. The number of unbranched alkanes of at least 4 members (excludes halogenated alkanes) is 8. The molecule has 0 aliphatic carbocycles. The third-order valence-corrected chi connectivity index (χ3v) is 4.95. The first-order valence-electron chi connectivity index (χ1n) is 10.6. The Hall–Kier alpha value is -1.51. The van der Waals surface area contributed by atoms with E-state index >= 15 is 0 Å². The molecule has 1 aromatic rings. The van der Waals surface area contributed by atoms with Crippen LogP contribution >= 0.6 is 0 Å². The molecule has 1 atom stereocenters. The number of hydrogen-bond donors (Lipinski definition) is 1. The first-order chi connectivity index (χ1) is 12.7. The van der Waals surface area contributed by atoms with Crippen LogP contribution < -0.4 is 4.74 Å². The Morgan fingerprint density at radius 3 is 2.08 bits per heavy atom. The third kappa shape index (κ3) is 12.8. The highest BCUT2D eigenvalue weighted by molar-refractivity contribution is 5.66. The fourth-order valence-electron chi connectivity index (χ4n) is 3.32. The summed E-state index contributed by atoms with van der Waals surface area (Å²) in [6.07, 6.45) is 14.9. The zero-order chi connectivity index (χ0) is 18.9. The molecular formula is C23H38O3. The van der Waals surface area contributed by atoms with Crippen molar-refractivity contribution >= 4 is 5.97 Å². The van der Waals surface area contributed by atoms with E-state index in [1.165, 1.54) is 51.4 Å². The normalized spacial score (nSPS) is 12.0. The molecule has 0 spiro atoms. The summed E-state index contributed by atoms with van der Waals surface area (Å²) in [5, 5.41) is 8.73. The van der Waals surface area contributed by atoms with Gasteiger partial charge in [0.15, 0.2) is 0 Å². The molecule has 0 saturated heterocycles. The molecule has 0 heterocycles. The number of hydrogen-bond acceptors (Lipinski definition) is 2. The van der Waals surface area contributed by atoms with Crippen molar-refractivity contribution in [1.29, 1.82) is 0 Å². The number of ether oxygens (including phenoxy) is 1. The molecule has 0 amide bonds. The van der Waals surface area contributed by atoms with Crippen molar-refractivity contribution in [1.82, 2.24) is 0 Å². The van der Waals surface area contributed by atoms with Gasteiger partial charge in [0.1, 0.15) is 5.75 Å². The standard InChI is InChI=1S/C23H38O3/c1-2-3-4-5-6-7-10-15-21(16-11-8-14-19-23(24)25)20-26-22-17-12-9-13-18-22/h9,12-13,17-18,21H,2-8,10-11,14-16,19-20H2,1H3,(H,24,25). The minimum Gasteiger partial charge on any atom is -0.493 e. The lowest BCUT2D eigenvalue weighted by molar-refractivity contribution is -0.137. The average Bonchev–Trinajstić information content (AvgIpc) is 2.65. The minimum absolute atomic E-state index is 0.295. The average molecular weight is 363 g/mol. The van der Waals surface area contributed by atoms with E-state index in [2.05, 4.69) is 6.92 Å². The fourth-order valence-corrected chi connectivity index (χ4v) is 3.32. The highest BCUT2D eigenvalue weighted by atomic mass is 16.5. The van der Waals surface area contributed by atoms with Crippen LogP contribution in [0.4, 0.5) is 0 Å². The van der Waals surface area contributed by atoms with E-state index in [-0.39, 0.29) is 0 Å². The van der Waals surface area contributed by atoms with Gasteiger partial charge in [-0.1, -0.05) is 82.9 Å². The van der Waals surface area contributed by atoms with E-state index in [1.807, 2.05) is 30.3 Å². The largest absolute Gasteiger partial charge is 0.493 e. The molecule has 0 radical (unpaired) electrons. The molecule has 3 nitrogen and oxygen atoms in total. The third-order valence-electron chi connectivity index (χ3n) is 4.95. The van der Waals surface area contributed by atoms with Gasteiger partial charge < -0.3 is 9.84 Å². The number of carboxylic acids is 1. The quantitative estimate of drug-likeness (QED) is 0.308. The Kier molecular flexibility index (Phi) is 13.6.